The Bertz CT molecular complexity index is 930. The molecule has 0 radical (unpaired) electrons. The first-order valence-electron chi connectivity index (χ1n) is 14.5. The van der Waals surface area contributed by atoms with E-state index in [2.05, 4.69) is 18.7 Å². The van der Waals surface area contributed by atoms with Crippen LogP contribution in [0.25, 0.3) is 11.0 Å². The number of hydrogen-bond donors (Lipinski definition) is 1. The first kappa shape index (κ1) is 26.3. The lowest BCUT2D eigenvalue weighted by atomic mass is 9.73. The van der Waals surface area contributed by atoms with Crippen molar-refractivity contribution in [2.75, 3.05) is 13.1 Å². The standard InChI is InChI=1S/C31H47NO3/c1-3-5-8-18-31(34,28-16-9-14-26-17-20-35-30(26)28)27-15-10-19-32(23-27)29(33)22-25(11-4-2)21-24-12-6-7-13-24/h9,14,16-17,20,24-25,27,34H,3-8,10-13,15,18-19,21-23H2,1-2H3/t25-,27-,31+/m1/s1. The van der Waals surface area contributed by atoms with Crippen molar-refractivity contribution in [3.05, 3.63) is 36.1 Å². The smallest absolute Gasteiger partial charge is 0.222 e. The van der Waals surface area contributed by atoms with Gasteiger partial charge in [0, 0.05) is 36.4 Å². The number of carbonyl (C=O) groups is 1. The van der Waals surface area contributed by atoms with Crippen molar-refractivity contribution in [3.8, 4) is 0 Å². The first-order valence-corrected chi connectivity index (χ1v) is 14.5. The van der Waals surface area contributed by atoms with E-state index in [0.717, 1.165) is 73.9 Å². The summed E-state index contributed by atoms with van der Waals surface area (Å²) in [6.45, 7) is 5.93. The van der Waals surface area contributed by atoms with E-state index in [0.29, 0.717) is 31.2 Å². The zero-order chi connectivity index (χ0) is 24.7. The second kappa shape index (κ2) is 12.4. The fourth-order valence-electron chi connectivity index (χ4n) is 6.94. The number of nitrogens with zero attached hydrogens (tertiary/aromatic N) is 1. The van der Waals surface area contributed by atoms with Crippen molar-refractivity contribution < 1.29 is 14.3 Å². The molecule has 194 valence electrons. The summed E-state index contributed by atoms with van der Waals surface area (Å²) in [7, 11) is 0. The van der Waals surface area contributed by atoms with Gasteiger partial charge in [0.25, 0.3) is 0 Å². The molecule has 1 saturated heterocycles. The Kier molecular flexibility index (Phi) is 9.33. The van der Waals surface area contributed by atoms with Crippen molar-refractivity contribution in [2.45, 2.75) is 109 Å². The normalized spacial score (nSPS) is 21.9. The van der Waals surface area contributed by atoms with Gasteiger partial charge in [0.1, 0.15) is 5.58 Å². The molecule has 4 nitrogen and oxygen atoms in total. The van der Waals surface area contributed by atoms with Crippen LogP contribution in [-0.4, -0.2) is 29.0 Å². The molecule has 2 fully saturated rings. The third-order valence-electron chi connectivity index (χ3n) is 8.86. The van der Waals surface area contributed by atoms with Gasteiger partial charge in [-0.2, -0.15) is 0 Å². The van der Waals surface area contributed by atoms with Gasteiger partial charge >= 0.3 is 0 Å². The molecule has 1 aliphatic heterocycles. The predicted octanol–water partition coefficient (Wildman–Crippen LogP) is 7.83. The quantitative estimate of drug-likeness (QED) is 0.314. The lowest BCUT2D eigenvalue weighted by Gasteiger charge is -2.43. The lowest BCUT2D eigenvalue weighted by molar-refractivity contribution is -0.138. The number of likely N-dealkylation sites (tertiary alicyclic amines) is 1. The number of para-hydroxylation sites is 1. The average molecular weight is 482 g/mol. The Balaban J connectivity index is 1.50. The van der Waals surface area contributed by atoms with Gasteiger partial charge in [-0.25, -0.2) is 0 Å². The van der Waals surface area contributed by atoms with Crippen molar-refractivity contribution in [2.24, 2.45) is 17.8 Å². The van der Waals surface area contributed by atoms with E-state index in [4.69, 9.17) is 4.42 Å². The number of fused-ring (bicyclic) bond motifs is 1. The molecule has 0 unspecified atom stereocenters. The fourth-order valence-corrected chi connectivity index (χ4v) is 6.94. The number of piperidine rings is 1. The summed E-state index contributed by atoms with van der Waals surface area (Å²) in [6, 6.07) is 8.09. The molecule has 1 aliphatic carbocycles. The highest BCUT2D eigenvalue weighted by Crippen LogP contribution is 2.43. The highest BCUT2D eigenvalue weighted by Gasteiger charge is 2.42. The Morgan fingerprint density at radius 3 is 2.71 bits per heavy atom. The number of aliphatic hydroxyl groups is 1. The maximum Gasteiger partial charge on any atom is 0.222 e. The van der Waals surface area contributed by atoms with Crippen LogP contribution in [0.3, 0.4) is 0 Å². The van der Waals surface area contributed by atoms with Crippen molar-refractivity contribution >= 4 is 16.9 Å². The second-order valence-electron chi connectivity index (χ2n) is 11.4. The predicted molar refractivity (Wildman–Crippen MR) is 143 cm³/mol. The minimum absolute atomic E-state index is 0.0345. The van der Waals surface area contributed by atoms with E-state index in [-0.39, 0.29) is 5.92 Å². The zero-order valence-electron chi connectivity index (χ0n) is 22.1. The van der Waals surface area contributed by atoms with Crippen molar-refractivity contribution in [1.29, 1.82) is 0 Å². The molecule has 4 rings (SSSR count). The maximum atomic E-state index is 13.5. The molecule has 2 aromatic rings. The molecule has 35 heavy (non-hydrogen) atoms. The van der Waals surface area contributed by atoms with Crippen LogP contribution in [0.15, 0.2) is 34.9 Å². The third kappa shape index (κ3) is 6.31. The molecule has 2 heterocycles. The van der Waals surface area contributed by atoms with E-state index < -0.39 is 5.60 Å². The minimum Gasteiger partial charge on any atom is -0.464 e. The van der Waals surface area contributed by atoms with Gasteiger partial charge in [-0.15, -0.1) is 0 Å². The molecule has 2 aliphatic rings. The third-order valence-corrected chi connectivity index (χ3v) is 8.86. The van der Waals surface area contributed by atoms with Crippen LogP contribution in [0, 0.1) is 17.8 Å². The maximum absolute atomic E-state index is 13.5. The molecule has 1 saturated carbocycles. The van der Waals surface area contributed by atoms with Crippen molar-refractivity contribution in [3.63, 3.8) is 0 Å². The van der Waals surface area contributed by atoms with Gasteiger partial charge in [0.2, 0.25) is 5.91 Å². The van der Waals surface area contributed by atoms with E-state index in [1.165, 1.54) is 32.1 Å². The molecular formula is C31H47NO3. The van der Waals surface area contributed by atoms with Crippen molar-refractivity contribution in [1.82, 2.24) is 4.90 Å². The van der Waals surface area contributed by atoms with Gasteiger partial charge in [-0.05, 0) is 43.6 Å². The van der Waals surface area contributed by atoms with E-state index in [9.17, 15) is 9.90 Å². The van der Waals surface area contributed by atoms with E-state index in [1.54, 1.807) is 6.26 Å². The molecule has 4 heteroatoms. The summed E-state index contributed by atoms with van der Waals surface area (Å²) in [5.74, 6) is 1.67. The number of amides is 1. The van der Waals surface area contributed by atoms with E-state index >= 15 is 0 Å². The molecule has 1 N–H and O–H groups in total. The highest BCUT2D eigenvalue weighted by molar-refractivity contribution is 5.81. The van der Waals surface area contributed by atoms with Gasteiger partial charge in [0.05, 0.1) is 11.9 Å². The minimum atomic E-state index is -0.974. The zero-order valence-corrected chi connectivity index (χ0v) is 22.1. The Morgan fingerprint density at radius 2 is 1.94 bits per heavy atom. The summed E-state index contributed by atoms with van der Waals surface area (Å²) >= 11 is 0. The van der Waals surface area contributed by atoms with Crippen LogP contribution in [-0.2, 0) is 10.4 Å². The average Bonchev–Trinajstić information content (AvgIpc) is 3.56. The largest absolute Gasteiger partial charge is 0.464 e. The summed E-state index contributed by atoms with van der Waals surface area (Å²) in [5.41, 5.74) is 0.730. The number of carbonyl (C=O) groups excluding carboxylic acids is 1. The second-order valence-corrected chi connectivity index (χ2v) is 11.4. The summed E-state index contributed by atoms with van der Waals surface area (Å²) in [4.78, 5) is 15.6. The van der Waals surface area contributed by atoms with Crippen LogP contribution < -0.4 is 0 Å². The van der Waals surface area contributed by atoms with Crippen LogP contribution in [0.1, 0.15) is 109 Å². The Labute approximate surface area is 212 Å². The number of furan rings is 1. The molecule has 1 aromatic carbocycles. The van der Waals surface area contributed by atoms with Gasteiger partial charge < -0.3 is 14.4 Å². The van der Waals surface area contributed by atoms with Gasteiger partial charge in [-0.3, -0.25) is 4.79 Å². The monoisotopic (exact) mass is 481 g/mol. The molecular weight excluding hydrogens is 434 g/mol. The summed E-state index contributed by atoms with van der Waals surface area (Å²) < 4.78 is 5.87. The molecule has 3 atom stereocenters. The Hall–Kier alpha value is -1.81. The molecule has 0 bridgehead atoms. The van der Waals surface area contributed by atoms with E-state index in [1.807, 2.05) is 24.3 Å². The summed E-state index contributed by atoms with van der Waals surface area (Å²) in [6.07, 6.45) is 17.2. The Morgan fingerprint density at radius 1 is 1.11 bits per heavy atom. The van der Waals surface area contributed by atoms with Gasteiger partial charge in [0.15, 0.2) is 0 Å². The van der Waals surface area contributed by atoms with Crippen LogP contribution >= 0.6 is 0 Å². The number of benzene rings is 1. The number of hydrogen-bond acceptors (Lipinski definition) is 3. The molecule has 0 spiro atoms. The fraction of sp³-hybridized carbons (Fsp3) is 0.710. The lowest BCUT2D eigenvalue weighted by Crippen LogP contribution is -2.48. The number of rotatable bonds is 12. The SMILES string of the molecule is CCCCC[C@@](O)(c1cccc2ccoc12)[C@@H]1CCCN(C(=O)C[C@H](CCC)CC2CCCC2)C1. The first-order chi connectivity index (χ1) is 17.0. The molecule has 1 amide bonds. The van der Waals surface area contributed by atoms with Gasteiger partial charge in [-0.1, -0.05) is 89.8 Å². The van der Waals surface area contributed by atoms with Crippen LogP contribution in [0.2, 0.25) is 0 Å². The van der Waals surface area contributed by atoms with Crippen LogP contribution in [0.4, 0.5) is 0 Å². The highest BCUT2D eigenvalue weighted by atomic mass is 16.3. The summed E-state index contributed by atoms with van der Waals surface area (Å²) in [5, 5.41) is 13.3. The number of unbranched alkanes of at least 4 members (excludes halogenated alkanes) is 2. The topological polar surface area (TPSA) is 53.7 Å². The van der Waals surface area contributed by atoms with Crippen LogP contribution in [0.5, 0.6) is 0 Å². The molecule has 1 aromatic heterocycles.